The molecule has 0 radical (unpaired) electrons. The van der Waals surface area contributed by atoms with Crippen molar-refractivity contribution >= 4 is 33.7 Å². The van der Waals surface area contributed by atoms with Crippen LogP contribution in [0.3, 0.4) is 0 Å². The van der Waals surface area contributed by atoms with Crippen LogP contribution >= 0.6 is 0 Å². The SMILES string of the molecule is Cn1c(=O)c2ccccc2n2c(COC(=O)c3ccc4nccnc4c3)nnc12. The Bertz CT molecular complexity index is 1470. The van der Waals surface area contributed by atoms with Crippen molar-refractivity contribution in [2.45, 2.75) is 6.61 Å². The number of benzene rings is 2. The molecule has 0 bridgehead atoms. The number of aryl methyl sites for hydroxylation is 1. The molecule has 3 aromatic heterocycles. The molecule has 29 heavy (non-hydrogen) atoms. The van der Waals surface area contributed by atoms with Crippen LogP contribution in [0.25, 0.3) is 27.7 Å². The lowest BCUT2D eigenvalue weighted by molar-refractivity contribution is 0.0461. The lowest BCUT2D eigenvalue weighted by atomic mass is 10.2. The van der Waals surface area contributed by atoms with Crippen LogP contribution in [0.2, 0.25) is 0 Å². The van der Waals surface area contributed by atoms with Gasteiger partial charge in [-0.05, 0) is 30.3 Å². The lowest BCUT2D eigenvalue weighted by Gasteiger charge is -2.08. The molecule has 0 aliphatic carbocycles. The third-order valence-electron chi connectivity index (χ3n) is 4.73. The lowest BCUT2D eigenvalue weighted by Crippen LogP contribution is -2.20. The average Bonchev–Trinajstić information content (AvgIpc) is 3.19. The number of ether oxygens (including phenoxy) is 1. The van der Waals surface area contributed by atoms with Crippen LogP contribution in [0, 0.1) is 0 Å². The number of esters is 1. The van der Waals surface area contributed by atoms with E-state index in [0.717, 1.165) is 0 Å². The standard InChI is InChI=1S/C20H14N6O3/c1-25-18(27)13-4-2-3-5-16(13)26-17(23-24-20(25)26)11-29-19(28)12-6-7-14-15(10-12)22-9-8-21-14/h2-10H,11H2,1H3. The van der Waals surface area contributed by atoms with E-state index in [1.807, 2.05) is 6.07 Å². The fourth-order valence-corrected chi connectivity index (χ4v) is 3.29. The van der Waals surface area contributed by atoms with Gasteiger partial charge in [-0.25, -0.2) is 4.79 Å². The van der Waals surface area contributed by atoms with Crippen LogP contribution in [0.5, 0.6) is 0 Å². The van der Waals surface area contributed by atoms with Gasteiger partial charge in [0.1, 0.15) is 0 Å². The number of carbonyl (C=O) groups is 1. The largest absolute Gasteiger partial charge is 0.454 e. The Kier molecular flexibility index (Phi) is 3.80. The summed E-state index contributed by atoms with van der Waals surface area (Å²) in [6, 6.07) is 12.2. The van der Waals surface area contributed by atoms with Crippen molar-refractivity contribution in [2.75, 3.05) is 0 Å². The number of rotatable bonds is 3. The molecule has 0 N–H and O–H groups in total. The zero-order valence-electron chi connectivity index (χ0n) is 15.3. The van der Waals surface area contributed by atoms with Crippen molar-refractivity contribution < 1.29 is 9.53 Å². The van der Waals surface area contributed by atoms with Crippen molar-refractivity contribution in [3.8, 4) is 0 Å². The molecule has 142 valence electrons. The smallest absolute Gasteiger partial charge is 0.338 e. The second-order valence-electron chi connectivity index (χ2n) is 6.47. The normalized spacial score (nSPS) is 11.3. The fraction of sp³-hybridized carbons (Fsp3) is 0.100. The van der Waals surface area contributed by atoms with Crippen LogP contribution in [0.15, 0.2) is 59.7 Å². The van der Waals surface area contributed by atoms with Crippen LogP contribution < -0.4 is 5.56 Å². The van der Waals surface area contributed by atoms with E-state index in [9.17, 15) is 9.59 Å². The van der Waals surface area contributed by atoms with E-state index in [-0.39, 0.29) is 12.2 Å². The molecule has 5 aromatic rings. The van der Waals surface area contributed by atoms with Gasteiger partial charge in [-0.2, -0.15) is 0 Å². The van der Waals surface area contributed by atoms with Gasteiger partial charge in [0, 0.05) is 19.4 Å². The highest BCUT2D eigenvalue weighted by Crippen LogP contribution is 2.16. The number of carbonyl (C=O) groups excluding carboxylic acids is 1. The molecule has 0 spiro atoms. The molecule has 0 atom stereocenters. The molecule has 0 unspecified atom stereocenters. The minimum Gasteiger partial charge on any atom is -0.454 e. The first-order chi connectivity index (χ1) is 14.1. The zero-order chi connectivity index (χ0) is 20.0. The quantitative estimate of drug-likeness (QED) is 0.436. The monoisotopic (exact) mass is 386 g/mol. The molecule has 0 aliphatic rings. The topological polar surface area (TPSA) is 104 Å². The van der Waals surface area contributed by atoms with E-state index < -0.39 is 5.97 Å². The van der Waals surface area contributed by atoms with Crippen molar-refractivity contribution in [1.29, 1.82) is 0 Å². The van der Waals surface area contributed by atoms with E-state index in [1.54, 1.807) is 60.2 Å². The molecule has 0 saturated heterocycles. The van der Waals surface area contributed by atoms with Gasteiger partial charge in [0.2, 0.25) is 5.78 Å². The summed E-state index contributed by atoms with van der Waals surface area (Å²) in [5.74, 6) is 0.282. The van der Waals surface area contributed by atoms with Crippen molar-refractivity contribution in [1.82, 2.24) is 29.1 Å². The van der Waals surface area contributed by atoms with E-state index >= 15 is 0 Å². The maximum atomic E-state index is 12.5. The first-order valence-corrected chi connectivity index (χ1v) is 8.83. The highest BCUT2D eigenvalue weighted by Gasteiger charge is 2.16. The average molecular weight is 386 g/mol. The molecule has 2 aromatic carbocycles. The second kappa shape index (κ2) is 6.48. The summed E-state index contributed by atoms with van der Waals surface area (Å²) in [6.07, 6.45) is 3.16. The van der Waals surface area contributed by atoms with Crippen LogP contribution in [0.4, 0.5) is 0 Å². The molecule has 0 aliphatic heterocycles. The number of hydrogen-bond acceptors (Lipinski definition) is 7. The number of fused-ring (bicyclic) bond motifs is 4. The van der Waals surface area contributed by atoms with Crippen molar-refractivity contribution in [2.24, 2.45) is 7.05 Å². The Morgan fingerprint density at radius 3 is 2.69 bits per heavy atom. The Morgan fingerprint density at radius 1 is 1.03 bits per heavy atom. The van der Waals surface area contributed by atoms with E-state index in [4.69, 9.17) is 4.74 Å². The summed E-state index contributed by atoms with van der Waals surface area (Å²) in [6.45, 7) is -0.0965. The van der Waals surface area contributed by atoms with Crippen LogP contribution in [-0.2, 0) is 18.4 Å². The minimum absolute atomic E-state index is 0.0965. The minimum atomic E-state index is -0.511. The Labute approximate surface area is 163 Å². The van der Waals surface area contributed by atoms with Crippen LogP contribution in [0.1, 0.15) is 16.2 Å². The zero-order valence-corrected chi connectivity index (χ0v) is 15.3. The van der Waals surface area contributed by atoms with Crippen molar-refractivity contribution in [3.05, 3.63) is 76.6 Å². The third kappa shape index (κ3) is 2.71. The first-order valence-electron chi connectivity index (χ1n) is 8.83. The summed E-state index contributed by atoms with van der Waals surface area (Å²) in [5, 5.41) is 8.73. The fourth-order valence-electron chi connectivity index (χ4n) is 3.29. The summed E-state index contributed by atoms with van der Waals surface area (Å²) in [5.41, 5.74) is 2.16. The molecule has 3 heterocycles. The Morgan fingerprint density at radius 2 is 1.83 bits per heavy atom. The van der Waals surface area contributed by atoms with Crippen LogP contribution in [-0.4, -0.2) is 35.1 Å². The summed E-state index contributed by atoms with van der Waals surface area (Å²) >= 11 is 0. The Hall–Kier alpha value is -4.14. The molecule has 0 saturated carbocycles. The van der Waals surface area contributed by atoms with E-state index in [2.05, 4.69) is 20.2 Å². The van der Waals surface area contributed by atoms with Gasteiger partial charge in [-0.15, -0.1) is 10.2 Å². The number of hydrogen-bond donors (Lipinski definition) is 0. The molecule has 0 fully saturated rings. The van der Waals surface area contributed by atoms with Gasteiger partial charge in [0.25, 0.3) is 5.56 Å². The van der Waals surface area contributed by atoms with Crippen molar-refractivity contribution in [3.63, 3.8) is 0 Å². The highest BCUT2D eigenvalue weighted by atomic mass is 16.5. The molecule has 9 heteroatoms. The molecule has 5 rings (SSSR count). The molecular weight excluding hydrogens is 372 g/mol. The summed E-state index contributed by atoms with van der Waals surface area (Å²) in [7, 11) is 1.63. The second-order valence-corrected chi connectivity index (χ2v) is 6.47. The molecule has 0 amide bonds. The molecular formula is C20H14N6O3. The van der Waals surface area contributed by atoms with E-state index in [0.29, 0.717) is 39.1 Å². The van der Waals surface area contributed by atoms with Gasteiger partial charge in [0.15, 0.2) is 12.4 Å². The summed E-state index contributed by atoms with van der Waals surface area (Å²) in [4.78, 5) is 33.4. The number of aromatic nitrogens is 6. The summed E-state index contributed by atoms with van der Waals surface area (Å²) < 4.78 is 8.59. The van der Waals surface area contributed by atoms with Gasteiger partial charge in [-0.3, -0.25) is 23.7 Å². The highest BCUT2D eigenvalue weighted by molar-refractivity contribution is 5.93. The Balaban J connectivity index is 1.50. The first kappa shape index (κ1) is 17.0. The third-order valence-corrected chi connectivity index (χ3v) is 4.73. The number of nitrogens with zero attached hydrogens (tertiary/aromatic N) is 6. The maximum absolute atomic E-state index is 12.5. The van der Waals surface area contributed by atoms with Gasteiger partial charge >= 0.3 is 5.97 Å². The number of para-hydroxylation sites is 1. The van der Waals surface area contributed by atoms with Gasteiger partial charge in [0.05, 0.1) is 27.5 Å². The van der Waals surface area contributed by atoms with Gasteiger partial charge < -0.3 is 4.74 Å². The van der Waals surface area contributed by atoms with Gasteiger partial charge in [-0.1, -0.05) is 12.1 Å². The predicted molar refractivity (Wildman–Crippen MR) is 104 cm³/mol. The predicted octanol–water partition coefficient (Wildman–Crippen LogP) is 1.88. The maximum Gasteiger partial charge on any atom is 0.338 e. The van der Waals surface area contributed by atoms with E-state index in [1.165, 1.54) is 4.57 Å². The molecule has 9 nitrogen and oxygen atoms in total.